The van der Waals surface area contributed by atoms with Crippen molar-refractivity contribution < 1.29 is 8.78 Å². The molecule has 0 saturated heterocycles. The Hall–Kier alpha value is -3.28. The molecule has 2 aromatic carbocycles. The Morgan fingerprint density at radius 3 is 2.44 bits per heavy atom. The van der Waals surface area contributed by atoms with E-state index in [0.29, 0.717) is 16.8 Å². The van der Waals surface area contributed by atoms with Crippen LogP contribution < -0.4 is 11.0 Å². The van der Waals surface area contributed by atoms with E-state index in [1.54, 1.807) is 42.5 Å². The van der Waals surface area contributed by atoms with Gasteiger partial charge in [-0.15, -0.1) is 0 Å². The number of anilines is 1. The van der Waals surface area contributed by atoms with Crippen molar-refractivity contribution in [2.24, 2.45) is 0 Å². The number of benzene rings is 2. The van der Waals surface area contributed by atoms with Crippen LogP contribution in [0.2, 0.25) is 0 Å². The third-order valence-corrected chi connectivity index (χ3v) is 3.68. The van der Waals surface area contributed by atoms with E-state index in [1.165, 1.54) is 6.07 Å². The van der Waals surface area contributed by atoms with Crippen molar-refractivity contribution in [3.05, 3.63) is 101 Å². The minimum atomic E-state index is -0.729. The first-order valence-corrected chi connectivity index (χ1v) is 7.57. The molecule has 0 aliphatic carbocycles. The Bertz CT molecular complexity index is 968. The highest BCUT2D eigenvalue weighted by Crippen LogP contribution is 2.16. The maximum Gasteiger partial charge on any atom is 0.354 e. The standard InChI is InChI=1S/C19H15F2N3O/c1-13(14-7-3-2-4-8-14)24-12-17(21)18(23-19(24)25)22-11-15-9-5-6-10-16(15)20/h2-10,12H,1,11H2,(H,22,23,25). The molecule has 1 heterocycles. The van der Waals surface area contributed by atoms with E-state index in [2.05, 4.69) is 16.9 Å². The van der Waals surface area contributed by atoms with Crippen molar-refractivity contribution in [2.45, 2.75) is 6.54 Å². The Kier molecular flexibility index (Phi) is 4.70. The van der Waals surface area contributed by atoms with Crippen LogP contribution in [0.4, 0.5) is 14.6 Å². The maximum atomic E-state index is 14.3. The molecule has 0 fully saturated rings. The second-order valence-corrected chi connectivity index (χ2v) is 5.35. The van der Waals surface area contributed by atoms with Crippen LogP contribution in [0, 0.1) is 11.6 Å². The summed E-state index contributed by atoms with van der Waals surface area (Å²) in [6.07, 6.45) is 1.02. The van der Waals surface area contributed by atoms with Crippen LogP contribution in [0.15, 0.2) is 72.2 Å². The number of hydrogen-bond acceptors (Lipinski definition) is 3. The summed E-state index contributed by atoms with van der Waals surface area (Å²) < 4.78 is 28.9. The van der Waals surface area contributed by atoms with E-state index in [-0.39, 0.29) is 12.4 Å². The summed E-state index contributed by atoms with van der Waals surface area (Å²) in [5.41, 5.74) is 0.670. The molecule has 1 aromatic heterocycles. The SMILES string of the molecule is C=C(c1ccccc1)n1cc(F)c(NCc2ccccc2F)nc1=O. The van der Waals surface area contributed by atoms with Gasteiger partial charge in [-0.2, -0.15) is 4.98 Å². The number of aromatic nitrogens is 2. The lowest BCUT2D eigenvalue weighted by molar-refractivity contribution is 0.600. The Labute approximate surface area is 143 Å². The molecule has 126 valence electrons. The highest BCUT2D eigenvalue weighted by molar-refractivity contribution is 5.63. The van der Waals surface area contributed by atoms with Gasteiger partial charge in [-0.05, 0) is 11.6 Å². The monoisotopic (exact) mass is 339 g/mol. The average Bonchev–Trinajstić information content (AvgIpc) is 2.63. The predicted molar refractivity (Wildman–Crippen MR) is 93.1 cm³/mol. The van der Waals surface area contributed by atoms with Gasteiger partial charge >= 0.3 is 5.69 Å². The van der Waals surface area contributed by atoms with Gasteiger partial charge in [-0.3, -0.25) is 4.57 Å². The third-order valence-electron chi connectivity index (χ3n) is 3.68. The summed E-state index contributed by atoms with van der Waals surface area (Å²) >= 11 is 0. The predicted octanol–water partition coefficient (Wildman–Crippen LogP) is 3.65. The van der Waals surface area contributed by atoms with Gasteiger partial charge in [0.05, 0.1) is 11.9 Å². The minimum absolute atomic E-state index is 0.0136. The molecule has 0 amide bonds. The van der Waals surface area contributed by atoms with E-state index in [9.17, 15) is 13.6 Å². The number of rotatable bonds is 5. The Morgan fingerprint density at radius 2 is 1.72 bits per heavy atom. The van der Waals surface area contributed by atoms with Crippen LogP contribution in [-0.4, -0.2) is 9.55 Å². The van der Waals surface area contributed by atoms with E-state index in [4.69, 9.17) is 0 Å². The Balaban J connectivity index is 1.84. The third kappa shape index (κ3) is 3.63. The van der Waals surface area contributed by atoms with Gasteiger partial charge in [-0.25, -0.2) is 13.6 Å². The lowest BCUT2D eigenvalue weighted by atomic mass is 10.2. The molecular formula is C19H15F2N3O. The van der Waals surface area contributed by atoms with E-state index in [1.807, 2.05) is 6.07 Å². The van der Waals surface area contributed by atoms with Crippen molar-refractivity contribution in [1.82, 2.24) is 9.55 Å². The van der Waals surface area contributed by atoms with Gasteiger partial charge in [-0.1, -0.05) is 55.1 Å². The minimum Gasteiger partial charge on any atom is -0.363 e. The second kappa shape index (κ2) is 7.09. The molecule has 0 radical (unpaired) electrons. The van der Waals surface area contributed by atoms with Gasteiger partial charge in [0.2, 0.25) is 0 Å². The lowest BCUT2D eigenvalue weighted by Crippen LogP contribution is -2.24. The highest BCUT2D eigenvalue weighted by Gasteiger charge is 2.12. The van der Waals surface area contributed by atoms with E-state index < -0.39 is 17.3 Å². The normalized spacial score (nSPS) is 10.5. The quantitative estimate of drug-likeness (QED) is 0.772. The molecule has 3 aromatic rings. The number of halogens is 2. The van der Waals surface area contributed by atoms with E-state index >= 15 is 0 Å². The smallest absolute Gasteiger partial charge is 0.354 e. The lowest BCUT2D eigenvalue weighted by Gasteiger charge is -2.12. The van der Waals surface area contributed by atoms with Crippen LogP contribution in [-0.2, 0) is 6.54 Å². The van der Waals surface area contributed by atoms with Gasteiger partial charge in [0.15, 0.2) is 11.6 Å². The maximum absolute atomic E-state index is 14.3. The van der Waals surface area contributed by atoms with Gasteiger partial charge in [0.25, 0.3) is 0 Å². The molecule has 0 atom stereocenters. The molecular weight excluding hydrogens is 324 g/mol. The van der Waals surface area contributed by atoms with Crippen LogP contribution in [0.3, 0.4) is 0 Å². The summed E-state index contributed by atoms with van der Waals surface area (Å²) in [4.78, 5) is 15.9. The first-order chi connectivity index (χ1) is 12.1. The van der Waals surface area contributed by atoms with Crippen molar-refractivity contribution in [2.75, 3.05) is 5.32 Å². The first kappa shape index (κ1) is 16.6. The molecule has 3 rings (SSSR count). The molecule has 4 nitrogen and oxygen atoms in total. The highest BCUT2D eigenvalue weighted by atomic mass is 19.1. The zero-order valence-corrected chi connectivity index (χ0v) is 13.2. The second-order valence-electron chi connectivity index (χ2n) is 5.35. The number of nitrogens with one attached hydrogen (secondary N) is 1. The molecule has 0 aliphatic heterocycles. The summed E-state index contributed by atoms with van der Waals surface area (Å²) in [5.74, 6) is -1.38. The van der Waals surface area contributed by atoms with Crippen LogP contribution in [0.25, 0.3) is 5.70 Å². The molecule has 6 heteroatoms. The summed E-state index contributed by atoms with van der Waals surface area (Å²) in [6, 6.07) is 15.0. The first-order valence-electron chi connectivity index (χ1n) is 7.57. The van der Waals surface area contributed by atoms with Gasteiger partial charge in [0.1, 0.15) is 5.82 Å². The Morgan fingerprint density at radius 1 is 1.04 bits per heavy atom. The van der Waals surface area contributed by atoms with Gasteiger partial charge in [0, 0.05) is 12.1 Å². The van der Waals surface area contributed by atoms with Crippen molar-refractivity contribution in [1.29, 1.82) is 0 Å². The molecule has 0 aliphatic rings. The van der Waals surface area contributed by atoms with Crippen molar-refractivity contribution in [3.8, 4) is 0 Å². The molecule has 25 heavy (non-hydrogen) atoms. The zero-order valence-electron chi connectivity index (χ0n) is 13.2. The fourth-order valence-electron chi connectivity index (χ4n) is 2.34. The summed E-state index contributed by atoms with van der Waals surface area (Å²) in [5, 5.41) is 2.65. The molecule has 1 N–H and O–H groups in total. The van der Waals surface area contributed by atoms with E-state index in [0.717, 1.165) is 10.8 Å². The average molecular weight is 339 g/mol. The summed E-state index contributed by atoms with van der Waals surface area (Å²) in [7, 11) is 0. The molecule has 0 spiro atoms. The van der Waals surface area contributed by atoms with Crippen LogP contribution in [0.5, 0.6) is 0 Å². The van der Waals surface area contributed by atoms with Gasteiger partial charge < -0.3 is 5.32 Å². The fourth-order valence-corrected chi connectivity index (χ4v) is 2.34. The molecule has 0 unspecified atom stereocenters. The number of nitrogens with zero attached hydrogens (tertiary/aromatic N) is 2. The largest absolute Gasteiger partial charge is 0.363 e. The van der Waals surface area contributed by atoms with Crippen LogP contribution in [0.1, 0.15) is 11.1 Å². The summed E-state index contributed by atoms with van der Waals surface area (Å²) in [6.45, 7) is 3.83. The molecule has 0 saturated carbocycles. The van der Waals surface area contributed by atoms with Crippen LogP contribution >= 0.6 is 0 Å². The fraction of sp³-hybridized carbons (Fsp3) is 0.0526. The van der Waals surface area contributed by atoms with Crippen molar-refractivity contribution in [3.63, 3.8) is 0 Å². The topological polar surface area (TPSA) is 46.9 Å². The number of hydrogen-bond donors (Lipinski definition) is 1. The zero-order chi connectivity index (χ0) is 17.8. The van der Waals surface area contributed by atoms with Crippen molar-refractivity contribution >= 4 is 11.5 Å². The molecule has 0 bridgehead atoms.